The summed E-state index contributed by atoms with van der Waals surface area (Å²) in [7, 11) is 4.68. The van der Waals surface area contributed by atoms with Crippen molar-refractivity contribution in [2.75, 3.05) is 21.3 Å². The summed E-state index contributed by atoms with van der Waals surface area (Å²) in [6.07, 6.45) is -0.790. The summed E-state index contributed by atoms with van der Waals surface area (Å²) in [5, 5.41) is 14.3. The molecular formula is C14H16O4S. The molecule has 0 amide bonds. The van der Waals surface area contributed by atoms with E-state index in [2.05, 4.69) is 0 Å². The van der Waals surface area contributed by atoms with Gasteiger partial charge in [0, 0.05) is 12.1 Å². The van der Waals surface area contributed by atoms with Gasteiger partial charge in [-0.1, -0.05) is 0 Å². The van der Waals surface area contributed by atoms with Crippen LogP contribution in [0, 0.1) is 0 Å². The molecule has 1 N–H and O–H groups in total. The van der Waals surface area contributed by atoms with Crippen molar-refractivity contribution in [3.8, 4) is 17.2 Å². The molecule has 0 aliphatic rings. The van der Waals surface area contributed by atoms with Crippen LogP contribution in [0.5, 0.6) is 17.2 Å². The first-order chi connectivity index (χ1) is 9.21. The third kappa shape index (κ3) is 2.67. The van der Waals surface area contributed by atoms with Crippen molar-refractivity contribution in [3.63, 3.8) is 0 Å². The number of methoxy groups -OCH3 is 3. The van der Waals surface area contributed by atoms with Crippen molar-refractivity contribution in [1.29, 1.82) is 0 Å². The highest BCUT2D eigenvalue weighted by Gasteiger charge is 2.22. The molecule has 19 heavy (non-hydrogen) atoms. The number of benzene rings is 1. The molecule has 0 saturated carbocycles. The Morgan fingerprint density at radius 1 is 1.05 bits per heavy atom. The van der Waals surface area contributed by atoms with Crippen LogP contribution in [-0.4, -0.2) is 26.4 Å². The summed E-state index contributed by atoms with van der Waals surface area (Å²) < 4.78 is 15.9. The van der Waals surface area contributed by atoms with E-state index in [0.717, 1.165) is 5.56 Å². The fraction of sp³-hybridized carbons (Fsp3) is 0.286. The number of hydrogen-bond acceptors (Lipinski definition) is 5. The third-order valence-corrected chi connectivity index (χ3v) is 3.59. The van der Waals surface area contributed by atoms with Gasteiger partial charge in [-0.15, -0.1) is 0 Å². The molecule has 5 heteroatoms. The van der Waals surface area contributed by atoms with Crippen molar-refractivity contribution < 1.29 is 19.3 Å². The predicted molar refractivity (Wildman–Crippen MR) is 74.5 cm³/mol. The van der Waals surface area contributed by atoms with E-state index in [0.29, 0.717) is 22.8 Å². The first-order valence-corrected chi connectivity index (χ1v) is 6.65. The van der Waals surface area contributed by atoms with E-state index in [1.807, 2.05) is 16.8 Å². The van der Waals surface area contributed by atoms with Crippen LogP contribution >= 0.6 is 11.3 Å². The summed E-state index contributed by atoms with van der Waals surface area (Å²) in [6, 6.07) is 5.33. The van der Waals surface area contributed by atoms with Gasteiger partial charge in [0.15, 0.2) is 0 Å². The zero-order valence-electron chi connectivity index (χ0n) is 11.0. The van der Waals surface area contributed by atoms with Crippen molar-refractivity contribution >= 4 is 11.3 Å². The van der Waals surface area contributed by atoms with Crippen LogP contribution in [0.2, 0.25) is 0 Å². The topological polar surface area (TPSA) is 47.9 Å². The van der Waals surface area contributed by atoms with Gasteiger partial charge in [-0.25, -0.2) is 0 Å². The third-order valence-electron chi connectivity index (χ3n) is 2.89. The highest BCUT2D eigenvalue weighted by atomic mass is 32.1. The van der Waals surface area contributed by atoms with Gasteiger partial charge in [-0.2, -0.15) is 11.3 Å². The molecular weight excluding hydrogens is 264 g/mol. The Labute approximate surface area is 116 Å². The van der Waals surface area contributed by atoms with E-state index < -0.39 is 6.10 Å². The molecule has 1 aromatic carbocycles. The van der Waals surface area contributed by atoms with E-state index in [-0.39, 0.29) is 0 Å². The number of rotatable bonds is 5. The minimum atomic E-state index is -0.790. The number of ether oxygens (including phenoxy) is 3. The molecule has 0 aliphatic heterocycles. The van der Waals surface area contributed by atoms with Crippen LogP contribution in [0.25, 0.3) is 0 Å². The largest absolute Gasteiger partial charge is 0.496 e. The maximum Gasteiger partial charge on any atom is 0.132 e. The van der Waals surface area contributed by atoms with Gasteiger partial charge in [0.1, 0.15) is 23.4 Å². The Hall–Kier alpha value is -1.72. The minimum absolute atomic E-state index is 0.537. The van der Waals surface area contributed by atoms with Crippen molar-refractivity contribution in [1.82, 2.24) is 0 Å². The van der Waals surface area contributed by atoms with E-state index in [1.165, 1.54) is 11.3 Å². The Bertz CT molecular complexity index is 511. The quantitative estimate of drug-likeness (QED) is 0.915. The van der Waals surface area contributed by atoms with Gasteiger partial charge in [0.25, 0.3) is 0 Å². The molecule has 4 nitrogen and oxygen atoms in total. The summed E-state index contributed by atoms with van der Waals surface area (Å²) in [4.78, 5) is 0. The van der Waals surface area contributed by atoms with E-state index in [4.69, 9.17) is 14.2 Å². The van der Waals surface area contributed by atoms with Gasteiger partial charge in [-0.3, -0.25) is 0 Å². The molecule has 2 rings (SSSR count). The van der Waals surface area contributed by atoms with Crippen molar-refractivity contribution in [2.24, 2.45) is 0 Å². The number of aliphatic hydroxyl groups is 1. The summed E-state index contributed by atoms with van der Waals surface area (Å²) >= 11 is 1.53. The molecule has 0 spiro atoms. The fourth-order valence-electron chi connectivity index (χ4n) is 1.90. The second-order valence-corrected chi connectivity index (χ2v) is 4.68. The van der Waals surface area contributed by atoms with Gasteiger partial charge in [-0.05, 0) is 22.4 Å². The first-order valence-electron chi connectivity index (χ1n) is 5.71. The van der Waals surface area contributed by atoms with Crippen LogP contribution in [0.4, 0.5) is 0 Å². The number of aliphatic hydroxyl groups excluding tert-OH is 1. The van der Waals surface area contributed by atoms with Gasteiger partial charge < -0.3 is 19.3 Å². The second-order valence-electron chi connectivity index (χ2n) is 3.90. The molecule has 1 unspecified atom stereocenters. The highest BCUT2D eigenvalue weighted by molar-refractivity contribution is 7.07. The van der Waals surface area contributed by atoms with Crippen LogP contribution < -0.4 is 14.2 Å². The molecule has 0 fully saturated rings. The average Bonchev–Trinajstić information content (AvgIpc) is 2.99. The lowest BCUT2D eigenvalue weighted by molar-refractivity contribution is 0.209. The van der Waals surface area contributed by atoms with E-state index >= 15 is 0 Å². The summed E-state index contributed by atoms with van der Waals surface area (Å²) in [6.45, 7) is 0. The normalized spacial score (nSPS) is 12.0. The van der Waals surface area contributed by atoms with Gasteiger partial charge in [0.2, 0.25) is 0 Å². The average molecular weight is 280 g/mol. The zero-order valence-corrected chi connectivity index (χ0v) is 11.9. The molecule has 1 aromatic heterocycles. The lowest BCUT2D eigenvalue weighted by atomic mass is 10.0. The Kier molecular flexibility index (Phi) is 4.29. The zero-order chi connectivity index (χ0) is 13.8. The van der Waals surface area contributed by atoms with Gasteiger partial charge >= 0.3 is 0 Å². The SMILES string of the molecule is COc1cc(OC)c(C(O)c2ccsc2)c(OC)c1. The fourth-order valence-corrected chi connectivity index (χ4v) is 2.58. The van der Waals surface area contributed by atoms with Crippen molar-refractivity contribution in [2.45, 2.75) is 6.10 Å². The van der Waals surface area contributed by atoms with Crippen LogP contribution in [0.3, 0.4) is 0 Å². The highest BCUT2D eigenvalue weighted by Crippen LogP contribution is 2.40. The molecule has 0 bridgehead atoms. The van der Waals surface area contributed by atoms with E-state index in [1.54, 1.807) is 33.5 Å². The van der Waals surface area contributed by atoms with Crippen LogP contribution in [-0.2, 0) is 0 Å². The Balaban J connectivity index is 2.54. The molecule has 1 atom stereocenters. The number of hydrogen-bond donors (Lipinski definition) is 1. The molecule has 0 radical (unpaired) electrons. The van der Waals surface area contributed by atoms with Crippen molar-refractivity contribution in [3.05, 3.63) is 40.1 Å². The lowest BCUT2D eigenvalue weighted by Crippen LogP contribution is -2.05. The smallest absolute Gasteiger partial charge is 0.132 e. The van der Waals surface area contributed by atoms with Gasteiger partial charge in [0.05, 0.1) is 26.9 Å². The first kappa shape index (κ1) is 13.7. The van der Waals surface area contributed by atoms with E-state index in [9.17, 15) is 5.11 Å². The second kappa shape index (κ2) is 5.95. The Morgan fingerprint density at radius 2 is 1.68 bits per heavy atom. The molecule has 2 aromatic rings. The summed E-state index contributed by atoms with van der Waals surface area (Å²) in [5.74, 6) is 1.69. The molecule has 0 saturated heterocycles. The molecule has 1 heterocycles. The maximum absolute atomic E-state index is 10.5. The Morgan fingerprint density at radius 3 is 2.11 bits per heavy atom. The minimum Gasteiger partial charge on any atom is -0.496 e. The van der Waals surface area contributed by atoms with Crippen LogP contribution in [0.15, 0.2) is 29.0 Å². The standard InChI is InChI=1S/C14H16O4S/c1-16-10-6-11(17-2)13(12(7-10)18-3)14(15)9-4-5-19-8-9/h4-8,14-15H,1-3H3. The predicted octanol–water partition coefficient (Wildman–Crippen LogP) is 2.86. The molecule has 0 aliphatic carbocycles. The van der Waals surface area contributed by atoms with Crippen LogP contribution in [0.1, 0.15) is 17.2 Å². The lowest BCUT2D eigenvalue weighted by Gasteiger charge is -2.18. The monoisotopic (exact) mass is 280 g/mol. The maximum atomic E-state index is 10.5. The number of thiophene rings is 1. The summed E-state index contributed by atoms with van der Waals surface area (Å²) in [5.41, 5.74) is 1.41. The molecule has 102 valence electrons.